The smallest absolute Gasteiger partial charge is 0.191 e. The van der Waals surface area contributed by atoms with Gasteiger partial charge in [-0.15, -0.1) is 0 Å². The molecule has 0 saturated carbocycles. The molecule has 1 aromatic carbocycles. The first-order valence-corrected chi connectivity index (χ1v) is 7.68. The molecule has 0 bridgehead atoms. The van der Waals surface area contributed by atoms with Crippen LogP contribution < -0.4 is 15.4 Å². The van der Waals surface area contributed by atoms with Crippen LogP contribution in [-0.2, 0) is 0 Å². The van der Waals surface area contributed by atoms with Gasteiger partial charge in [0.1, 0.15) is 5.75 Å². The summed E-state index contributed by atoms with van der Waals surface area (Å²) in [5, 5.41) is 6.68. The van der Waals surface area contributed by atoms with E-state index in [4.69, 9.17) is 4.74 Å². The fraction of sp³-hybridized carbons (Fsp3) is 0.562. The van der Waals surface area contributed by atoms with Crippen LogP contribution in [0.25, 0.3) is 0 Å². The van der Waals surface area contributed by atoms with Crippen molar-refractivity contribution >= 4 is 5.96 Å². The zero-order valence-corrected chi connectivity index (χ0v) is 13.2. The average Bonchev–Trinajstić information content (AvgIpc) is 3.05. The third-order valence-electron chi connectivity index (χ3n) is 3.87. The predicted octanol–water partition coefficient (Wildman–Crippen LogP) is 1.63. The third kappa shape index (κ3) is 4.11. The molecule has 0 saturated heterocycles. The number of benzene rings is 1. The van der Waals surface area contributed by atoms with Crippen molar-refractivity contribution in [1.82, 2.24) is 15.5 Å². The molecule has 21 heavy (non-hydrogen) atoms. The summed E-state index contributed by atoms with van der Waals surface area (Å²) in [7, 11) is 1.71. The van der Waals surface area contributed by atoms with Crippen molar-refractivity contribution in [3.8, 4) is 5.75 Å². The normalized spacial score (nSPS) is 15.5. The standard InChI is InChI=1S/C16H26N4O/c1-4-20(5-2)15(12-19-16-17-9-10-18-16)13-7-6-8-14(11-13)21-3/h6-8,11,15H,4-5,9-10,12H2,1-3H3,(H2,17,18,19)/t15-/m0/s1. The first kappa shape index (κ1) is 15.6. The summed E-state index contributed by atoms with van der Waals surface area (Å²) in [6.45, 7) is 9.04. The number of hydrogen-bond acceptors (Lipinski definition) is 5. The highest BCUT2D eigenvalue weighted by atomic mass is 16.5. The lowest BCUT2D eigenvalue weighted by molar-refractivity contribution is 0.218. The molecule has 2 N–H and O–H groups in total. The second-order valence-electron chi connectivity index (χ2n) is 5.05. The van der Waals surface area contributed by atoms with Gasteiger partial charge in [0.2, 0.25) is 0 Å². The number of guanidine groups is 1. The van der Waals surface area contributed by atoms with E-state index in [1.54, 1.807) is 7.11 Å². The van der Waals surface area contributed by atoms with Gasteiger partial charge in [-0.3, -0.25) is 9.89 Å². The van der Waals surface area contributed by atoms with Gasteiger partial charge in [-0.1, -0.05) is 26.0 Å². The summed E-state index contributed by atoms with van der Waals surface area (Å²) >= 11 is 0. The van der Waals surface area contributed by atoms with Crippen LogP contribution in [0.5, 0.6) is 5.75 Å². The third-order valence-corrected chi connectivity index (χ3v) is 3.87. The van der Waals surface area contributed by atoms with Crippen molar-refractivity contribution in [3.63, 3.8) is 0 Å². The molecule has 1 heterocycles. The van der Waals surface area contributed by atoms with Crippen molar-refractivity contribution in [2.75, 3.05) is 39.8 Å². The van der Waals surface area contributed by atoms with E-state index >= 15 is 0 Å². The van der Waals surface area contributed by atoms with E-state index in [-0.39, 0.29) is 0 Å². The van der Waals surface area contributed by atoms with E-state index in [2.05, 4.69) is 52.6 Å². The van der Waals surface area contributed by atoms with E-state index in [1.807, 2.05) is 6.07 Å². The number of ether oxygens (including phenoxy) is 1. The summed E-state index contributed by atoms with van der Waals surface area (Å²) in [6.07, 6.45) is 0. The average molecular weight is 290 g/mol. The van der Waals surface area contributed by atoms with E-state index in [0.29, 0.717) is 6.04 Å². The van der Waals surface area contributed by atoms with Gasteiger partial charge in [0.05, 0.1) is 19.7 Å². The molecule has 0 aliphatic carbocycles. The molecule has 1 aliphatic rings. The highest BCUT2D eigenvalue weighted by Crippen LogP contribution is 2.23. The summed E-state index contributed by atoms with van der Waals surface area (Å²) in [4.78, 5) is 6.84. The first-order valence-electron chi connectivity index (χ1n) is 7.68. The molecular formula is C16H26N4O. The summed E-state index contributed by atoms with van der Waals surface area (Å²) in [6, 6.07) is 8.63. The molecule has 0 amide bonds. The Bertz CT molecular complexity index is 471. The van der Waals surface area contributed by atoms with Gasteiger partial charge in [0.15, 0.2) is 5.96 Å². The van der Waals surface area contributed by atoms with Crippen molar-refractivity contribution in [1.29, 1.82) is 0 Å². The zero-order chi connectivity index (χ0) is 15.1. The molecule has 1 aliphatic heterocycles. The number of aliphatic imine (C=N–C) groups is 1. The summed E-state index contributed by atoms with van der Waals surface area (Å²) in [5.41, 5.74) is 1.27. The second kappa shape index (κ2) is 7.88. The lowest BCUT2D eigenvalue weighted by Crippen LogP contribution is -2.41. The lowest BCUT2D eigenvalue weighted by Gasteiger charge is -2.30. The number of nitrogens with one attached hydrogen (secondary N) is 2. The molecule has 0 aromatic heterocycles. The molecule has 0 unspecified atom stereocenters. The highest BCUT2D eigenvalue weighted by Gasteiger charge is 2.19. The van der Waals surface area contributed by atoms with Crippen molar-refractivity contribution in [2.24, 2.45) is 4.99 Å². The fourth-order valence-electron chi connectivity index (χ4n) is 2.68. The Morgan fingerprint density at radius 1 is 1.38 bits per heavy atom. The highest BCUT2D eigenvalue weighted by molar-refractivity contribution is 5.81. The van der Waals surface area contributed by atoms with Gasteiger partial charge in [0, 0.05) is 13.1 Å². The van der Waals surface area contributed by atoms with E-state index in [0.717, 1.165) is 44.4 Å². The Kier molecular flexibility index (Phi) is 5.87. The Balaban J connectivity index is 2.13. The molecule has 1 atom stereocenters. The molecule has 116 valence electrons. The van der Waals surface area contributed by atoms with Gasteiger partial charge >= 0.3 is 0 Å². The van der Waals surface area contributed by atoms with Crippen LogP contribution in [0.4, 0.5) is 0 Å². The lowest BCUT2D eigenvalue weighted by atomic mass is 10.0. The Labute approximate surface area is 127 Å². The SMILES string of the molecule is CCN(CC)[C@@H](CNC1=NCCN1)c1cccc(OC)c1. The molecular weight excluding hydrogens is 264 g/mol. The molecule has 5 heteroatoms. The monoisotopic (exact) mass is 290 g/mol. The molecule has 2 rings (SSSR count). The Hall–Kier alpha value is -1.75. The molecule has 1 aromatic rings. The van der Waals surface area contributed by atoms with E-state index in [1.165, 1.54) is 5.56 Å². The summed E-state index contributed by atoms with van der Waals surface area (Å²) in [5.74, 6) is 1.82. The minimum absolute atomic E-state index is 0.306. The van der Waals surface area contributed by atoms with E-state index in [9.17, 15) is 0 Å². The number of nitrogens with zero attached hydrogens (tertiary/aromatic N) is 2. The Morgan fingerprint density at radius 3 is 2.81 bits per heavy atom. The minimum atomic E-state index is 0.306. The first-order chi connectivity index (χ1) is 10.3. The van der Waals surface area contributed by atoms with Gasteiger partial charge < -0.3 is 15.4 Å². The topological polar surface area (TPSA) is 48.9 Å². The van der Waals surface area contributed by atoms with Crippen LogP contribution in [0.2, 0.25) is 0 Å². The van der Waals surface area contributed by atoms with E-state index < -0.39 is 0 Å². The van der Waals surface area contributed by atoms with Crippen molar-refractivity contribution in [2.45, 2.75) is 19.9 Å². The van der Waals surface area contributed by atoms with Crippen LogP contribution in [0.15, 0.2) is 29.3 Å². The van der Waals surface area contributed by atoms with Gasteiger partial charge in [-0.2, -0.15) is 0 Å². The maximum Gasteiger partial charge on any atom is 0.191 e. The number of hydrogen-bond donors (Lipinski definition) is 2. The number of rotatable bonds is 7. The largest absolute Gasteiger partial charge is 0.497 e. The molecule has 5 nitrogen and oxygen atoms in total. The Morgan fingerprint density at radius 2 is 2.19 bits per heavy atom. The quantitative estimate of drug-likeness (QED) is 0.801. The molecule has 0 fully saturated rings. The zero-order valence-electron chi connectivity index (χ0n) is 13.2. The predicted molar refractivity (Wildman–Crippen MR) is 87.0 cm³/mol. The second-order valence-corrected chi connectivity index (χ2v) is 5.05. The van der Waals surface area contributed by atoms with Gasteiger partial charge in [-0.05, 0) is 30.8 Å². The van der Waals surface area contributed by atoms with Crippen molar-refractivity contribution in [3.05, 3.63) is 29.8 Å². The maximum absolute atomic E-state index is 5.35. The number of likely N-dealkylation sites (N-methyl/N-ethyl adjacent to an activating group) is 1. The van der Waals surface area contributed by atoms with Gasteiger partial charge in [-0.25, -0.2) is 0 Å². The molecule has 0 radical (unpaired) electrons. The van der Waals surface area contributed by atoms with Crippen molar-refractivity contribution < 1.29 is 4.74 Å². The fourth-order valence-corrected chi connectivity index (χ4v) is 2.68. The van der Waals surface area contributed by atoms with Crippen LogP contribution in [-0.4, -0.2) is 50.7 Å². The van der Waals surface area contributed by atoms with Crippen LogP contribution in [0, 0.1) is 0 Å². The molecule has 0 spiro atoms. The van der Waals surface area contributed by atoms with Crippen LogP contribution >= 0.6 is 0 Å². The summed E-state index contributed by atoms with van der Waals surface area (Å²) < 4.78 is 5.35. The maximum atomic E-state index is 5.35. The van der Waals surface area contributed by atoms with Crippen LogP contribution in [0.3, 0.4) is 0 Å². The number of methoxy groups -OCH3 is 1. The van der Waals surface area contributed by atoms with Gasteiger partial charge in [0.25, 0.3) is 0 Å². The van der Waals surface area contributed by atoms with Crippen LogP contribution in [0.1, 0.15) is 25.5 Å². The minimum Gasteiger partial charge on any atom is -0.497 e.